The molecule has 3 aromatic heterocycles. The number of aromatic nitrogens is 5. The fourth-order valence-corrected chi connectivity index (χ4v) is 3.60. The van der Waals surface area contributed by atoms with Crippen LogP contribution in [0.15, 0.2) is 40.2 Å². The fraction of sp³-hybridized carbons (Fsp3) is 0.312. The molecule has 1 aliphatic heterocycles. The standard InChI is InChI=1S/C16H16N6O2S/c23-15-8-17-13(7-18-15)16(24)21-4-1-12(2-5-21)22-9-14(19-20-22)11-3-6-25-10-11/h3,6-10,12H,1-2,4-5H2,(H,18,23). The summed E-state index contributed by atoms with van der Waals surface area (Å²) in [6.45, 7) is 1.25. The Bertz CT molecular complexity index is 904. The number of piperidine rings is 1. The van der Waals surface area contributed by atoms with Gasteiger partial charge in [0.05, 0.1) is 18.4 Å². The summed E-state index contributed by atoms with van der Waals surface area (Å²) < 4.78 is 1.90. The van der Waals surface area contributed by atoms with E-state index >= 15 is 0 Å². The number of amides is 1. The van der Waals surface area contributed by atoms with Gasteiger partial charge in [-0.1, -0.05) is 5.21 Å². The molecular formula is C16H16N6O2S. The van der Waals surface area contributed by atoms with Crippen molar-refractivity contribution >= 4 is 17.2 Å². The molecule has 128 valence electrons. The van der Waals surface area contributed by atoms with E-state index in [1.807, 2.05) is 27.7 Å². The summed E-state index contributed by atoms with van der Waals surface area (Å²) >= 11 is 1.63. The molecule has 0 atom stereocenters. The first-order valence-corrected chi connectivity index (χ1v) is 8.93. The van der Waals surface area contributed by atoms with Crippen molar-refractivity contribution in [1.82, 2.24) is 29.9 Å². The van der Waals surface area contributed by atoms with Gasteiger partial charge in [-0.25, -0.2) is 9.67 Å². The van der Waals surface area contributed by atoms with Crippen molar-refractivity contribution in [3.8, 4) is 11.3 Å². The second-order valence-corrected chi connectivity index (χ2v) is 6.70. The third-order valence-corrected chi connectivity index (χ3v) is 5.03. The maximum Gasteiger partial charge on any atom is 0.273 e. The molecule has 1 N–H and O–H groups in total. The zero-order chi connectivity index (χ0) is 17.2. The number of nitrogens with one attached hydrogen (secondary N) is 1. The van der Waals surface area contributed by atoms with Crippen molar-refractivity contribution in [3.63, 3.8) is 0 Å². The first-order chi connectivity index (χ1) is 12.2. The molecule has 0 radical (unpaired) electrons. The first-order valence-electron chi connectivity index (χ1n) is 7.99. The molecule has 0 unspecified atom stereocenters. The van der Waals surface area contributed by atoms with Crippen LogP contribution in [-0.2, 0) is 0 Å². The number of hydrogen-bond acceptors (Lipinski definition) is 6. The SMILES string of the molecule is O=C(c1c[nH]c(=O)cn1)N1CCC(n2cc(-c3ccsc3)nn2)CC1. The van der Waals surface area contributed by atoms with E-state index in [1.54, 1.807) is 16.2 Å². The van der Waals surface area contributed by atoms with Gasteiger partial charge in [0, 0.05) is 30.2 Å². The number of hydrogen-bond donors (Lipinski definition) is 1. The highest BCUT2D eigenvalue weighted by molar-refractivity contribution is 7.08. The van der Waals surface area contributed by atoms with Gasteiger partial charge in [0.15, 0.2) is 0 Å². The molecule has 25 heavy (non-hydrogen) atoms. The topological polar surface area (TPSA) is 96.8 Å². The van der Waals surface area contributed by atoms with Crippen LogP contribution >= 0.6 is 11.3 Å². The van der Waals surface area contributed by atoms with Crippen LogP contribution in [0.5, 0.6) is 0 Å². The van der Waals surface area contributed by atoms with Crippen molar-refractivity contribution in [2.75, 3.05) is 13.1 Å². The third kappa shape index (κ3) is 3.22. The zero-order valence-corrected chi connectivity index (χ0v) is 14.1. The zero-order valence-electron chi connectivity index (χ0n) is 13.3. The lowest BCUT2D eigenvalue weighted by molar-refractivity contribution is 0.0682. The Labute approximate surface area is 147 Å². The summed E-state index contributed by atoms with van der Waals surface area (Å²) in [6.07, 6.45) is 6.07. The summed E-state index contributed by atoms with van der Waals surface area (Å²) in [4.78, 5) is 31.6. The molecule has 1 amide bonds. The molecule has 1 aliphatic rings. The van der Waals surface area contributed by atoms with Crippen LogP contribution in [0.2, 0.25) is 0 Å². The highest BCUT2D eigenvalue weighted by atomic mass is 32.1. The minimum absolute atomic E-state index is 0.160. The van der Waals surface area contributed by atoms with Crippen LogP contribution in [0.25, 0.3) is 11.3 Å². The van der Waals surface area contributed by atoms with E-state index in [2.05, 4.69) is 20.3 Å². The van der Waals surface area contributed by atoms with Gasteiger partial charge in [-0.2, -0.15) is 11.3 Å². The molecule has 4 heterocycles. The lowest BCUT2D eigenvalue weighted by Gasteiger charge is -2.31. The smallest absolute Gasteiger partial charge is 0.273 e. The quantitative estimate of drug-likeness (QED) is 0.768. The lowest BCUT2D eigenvalue weighted by Crippen LogP contribution is -2.39. The number of H-pyrrole nitrogens is 1. The summed E-state index contributed by atoms with van der Waals surface area (Å²) in [5, 5.41) is 12.6. The van der Waals surface area contributed by atoms with Gasteiger partial charge in [0.25, 0.3) is 11.5 Å². The molecule has 0 spiro atoms. The highest BCUT2D eigenvalue weighted by Gasteiger charge is 2.26. The molecule has 3 aromatic rings. The van der Waals surface area contributed by atoms with Gasteiger partial charge in [0.2, 0.25) is 0 Å². The minimum atomic E-state index is -0.317. The van der Waals surface area contributed by atoms with Crippen LogP contribution in [0, 0.1) is 0 Å². The predicted molar refractivity (Wildman–Crippen MR) is 92.4 cm³/mol. The molecule has 0 bridgehead atoms. The van der Waals surface area contributed by atoms with Crippen molar-refractivity contribution in [3.05, 3.63) is 51.5 Å². The van der Waals surface area contributed by atoms with Gasteiger partial charge in [0.1, 0.15) is 11.4 Å². The van der Waals surface area contributed by atoms with E-state index in [1.165, 1.54) is 6.20 Å². The highest BCUT2D eigenvalue weighted by Crippen LogP contribution is 2.25. The fourth-order valence-electron chi connectivity index (χ4n) is 2.95. The number of nitrogens with zero attached hydrogens (tertiary/aromatic N) is 5. The van der Waals surface area contributed by atoms with Crippen LogP contribution in [0.1, 0.15) is 29.4 Å². The Morgan fingerprint density at radius 2 is 2.16 bits per heavy atom. The van der Waals surface area contributed by atoms with E-state index in [0.717, 1.165) is 30.3 Å². The summed E-state index contributed by atoms with van der Waals surface area (Å²) in [5.41, 5.74) is 1.90. The number of carbonyl (C=O) groups excluding carboxylic acids is 1. The van der Waals surface area contributed by atoms with Gasteiger partial charge in [-0.3, -0.25) is 9.59 Å². The van der Waals surface area contributed by atoms with E-state index in [4.69, 9.17) is 0 Å². The second kappa shape index (κ2) is 6.60. The molecule has 4 rings (SSSR count). The van der Waals surface area contributed by atoms with Crippen LogP contribution in [-0.4, -0.2) is 48.9 Å². The predicted octanol–water partition coefficient (Wildman–Crippen LogP) is 1.57. The summed E-state index contributed by atoms with van der Waals surface area (Å²) in [7, 11) is 0. The lowest BCUT2D eigenvalue weighted by atomic mass is 10.0. The van der Waals surface area contributed by atoms with Gasteiger partial charge < -0.3 is 9.88 Å². The molecule has 0 saturated carbocycles. The van der Waals surface area contributed by atoms with Crippen molar-refractivity contribution in [2.24, 2.45) is 0 Å². The number of aromatic amines is 1. The molecule has 8 nitrogen and oxygen atoms in total. The van der Waals surface area contributed by atoms with Crippen LogP contribution < -0.4 is 5.56 Å². The first kappa shape index (κ1) is 15.7. The van der Waals surface area contributed by atoms with Gasteiger partial charge >= 0.3 is 0 Å². The molecule has 0 aromatic carbocycles. The van der Waals surface area contributed by atoms with E-state index in [9.17, 15) is 9.59 Å². The van der Waals surface area contributed by atoms with Gasteiger partial charge in [-0.05, 0) is 24.3 Å². The Morgan fingerprint density at radius 3 is 2.84 bits per heavy atom. The van der Waals surface area contributed by atoms with E-state index in [0.29, 0.717) is 13.1 Å². The Morgan fingerprint density at radius 1 is 1.32 bits per heavy atom. The van der Waals surface area contributed by atoms with E-state index < -0.39 is 0 Å². The van der Waals surface area contributed by atoms with Crippen molar-refractivity contribution in [2.45, 2.75) is 18.9 Å². The summed E-state index contributed by atoms with van der Waals surface area (Å²) in [5.74, 6) is -0.160. The average Bonchev–Trinajstić information content (AvgIpc) is 3.33. The van der Waals surface area contributed by atoms with Crippen molar-refractivity contribution < 1.29 is 4.79 Å². The third-order valence-electron chi connectivity index (χ3n) is 4.34. The molecular weight excluding hydrogens is 340 g/mol. The Kier molecular flexibility index (Phi) is 4.14. The maximum absolute atomic E-state index is 12.4. The Balaban J connectivity index is 1.40. The van der Waals surface area contributed by atoms with Crippen molar-refractivity contribution in [1.29, 1.82) is 0 Å². The molecule has 1 fully saturated rings. The molecule has 0 aliphatic carbocycles. The normalized spacial score (nSPS) is 15.4. The number of thiophene rings is 1. The number of rotatable bonds is 3. The largest absolute Gasteiger partial charge is 0.337 e. The van der Waals surface area contributed by atoms with Crippen LogP contribution in [0.4, 0.5) is 0 Å². The summed E-state index contributed by atoms with van der Waals surface area (Å²) in [6, 6.07) is 2.25. The monoisotopic (exact) mass is 356 g/mol. The Hall–Kier alpha value is -2.81. The minimum Gasteiger partial charge on any atom is -0.337 e. The molecule has 1 saturated heterocycles. The number of likely N-dealkylation sites (tertiary alicyclic amines) is 1. The van der Waals surface area contributed by atoms with Crippen LogP contribution in [0.3, 0.4) is 0 Å². The van der Waals surface area contributed by atoms with Gasteiger partial charge in [-0.15, -0.1) is 5.10 Å². The number of carbonyl (C=O) groups is 1. The average molecular weight is 356 g/mol. The second-order valence-electron chi connectivity index (χ2n) is 5.92. The maximum atomic E-state index is 12.4. The van der Waals surface area contributed by atoms with E-state index in [-0.39, 0.29) is 23.2 Å². The molecule has 9 heteroatoms.